The molecule has 0 saturated heterocycles. The minimum absolute atomic E-state index is 0.176. The summed E-state index contributed by atoms with van der Waals surface area (Å²) in [6.45, 7) is 5.21. The first kappa shape index (κ1) is 20.0. The van der Waals surface area contributed by atoms with Crippen molar-refractivity contribution in [2.24, 2.45) is 5.92 Å². The Labute approximate surface area is 153 Å². The van der Waals surface area contributed by atoms with Crippen molar-refractivity contribution in [1.82, 2.24) is 15.6 Å². The molecule has 1 aromatic heterocycles. The van der Waals surface area contributed by atoms with Crippen molar-refractivity contribution in [3.8, 4) is 0 Å². The highest BCUT2D eigenvalue weighted by Gasteiger charge is 2.30. The van der Waals surface area contributed by atoms with Gasteiger partial charge >= 0.3 is 7.12 Å². The van der Waals surface area contributed by atoms with Crippen LogP contribution in [0.1, 0.15) is 32.8 Å². The number of aromatic amines is 1. The monoisotopic (exact) mass is 359 g/mol. The largest absolute Gasteiger partial charge is 0.475 e. The number of H-pyrrole nitrogens is 1. The Kier molecular flexibility index (Phi) is 6.82. The average molecular weight is 359 g/mol. The third-order valence-electron chi connectivity index (χ3n) is 4.21. The van der Waals surface area contributed by atoms with Gasteiger partial charge in [0.25, 0.3) is 0 Å². The van der Waals surface area contributed by atoms with Gasteiger partial charge in [-0.25, -0.2) is 0 Å². The van der Waals surface area contributed by atoms with Crippen molar-refractivity contribution in [1.29, 1.82) is 0 Å². The van der Waals surface area contributed by atoms with Crippen LogP contribution in [-0.2, 0) is 16.0 Å². The molecule has 2 atom stereocenters. The van der Waals surface area contributed by atoms with E-state index in [1.54, 1.807) is 0 Å². The first-order valence-corrected chi connectivity index (χ1v) is 8.76. The van der Waals surface area contributed by atoms with Gasteiger partial charge in [0.15, 0.2) is 0 Å². The Bertz CT molecular complexity index is 760. The molecule has 0 unspecified atom stereocenters. The predicted molar refractivity (Wildman–Crippen MR) is 101 cm³/mol. The summed E-state index contributed by atoms with van der Waals surface area (Å²) >= 11 is 0. The standard InChI is InChI=1S/C18H26BN3O4/c1-11(2)8-17(19(25)26)22-18(24)16(21-12(3)23)9-13-10-20-15-7-5-4-6-14(13)15/h4-7,10-11,16-17,20,25-26H,8-9H2,1-3H3,(H,21,23)(H,22,24)/t16-,17-/m0/s1. The van der Waals surface area contributed by atoms with Gasteiger partial charge in [0.05, 0.1) is 5.94 Å². The first-order chi connectivity index (χ1) is 12.3. The summed E-state index contributed by atoms with van der Waals surface area (Å²) in [6.07, 6.45) is 2.54. The van der Waals surface area contributed by atoms with E-state index in [4.69, 9.17) is 0 Å². The molecule has 5 N–H and O–H groups in total. The predicted octanol–water partition coefficient (Wildman–Crippen LogP) is 0.758. The summed E-state index contributed by atoms with van der Waals surface area (Å²) in [5.74, 6) is -1.38. The fraction of sp³-hybridized carbons (Fsp3) is 0.444. The number of hydrogen-bond acceptors (Lipinski definition) is 4. The van der Waals surface area contributed by atoms with E-state index in [2.05, 4.69) is 15.6 Å². The molecule has 0 bridgehead atoms. The van der Waals surface area contributed by atoms with Crippen LogP contribution in [0.25, 0.3) is 10.9 Å². The molecule has 0 radical (unpaired) electrons. The van der Waals surface area contributed by atoms with Gasteiger partial charge in [0.2, 0.25) is 11.8 Å². The van der Waals surface area contributed by atoms with E-state index in [1.807, 2.05) is 44.3 Å². The number of benzene rings is 1. The molecule has 0 aliphatic carbocycles. The Hall–Kier alpha value is -2.32. The van der Waals surface area contributed by atoms with Crippen LogP contribution in [0, 0.1) is 5.92 Å². The van der Waals surface area contributed by atoms with E-state index in [1.165, 1.54) is 6.92 Å². The number of carbonyl (C=O) groups excluding carboxylic acids is 2. The second-order valence-corrected chi connectivity index (χ2v) is 6.97. The van der Waals surface area contributed by atoms with Crippen molar-refractivity contribution < 1.29 is 19.6 Å². The number of carbonyl (C=O) groups is 2. The quantitative estimate of drug-likeness (QED) is 0.448. The zero-order chi connectivity index (χ0) is 19.3. The highest BCUT2D eigenvalue weighted by Crippen LogP contribution is 2.19. The number of para-hydroxylation sites is 1. The van der Waals surface area contributed by atoms with Crippen LogP contribution < -0.4 is 10.6 Å². The normalized spacial score (nSPS) is 13.5. The number of aromatic nitrogens is 1. The van der Waals surface area contributed by atoms with Gasteiger partial charge in [-0.15, -0.1) is 0 Å². The molecular formula is C18H26BN3O4. The molecule has 0 aliphatic rings. The molecule has 0 saturated carbocycles. The summed E-state index contributed by atoms with van der Waals surface area (Å²) in [5.41, 5.74) is 1.85. The van der Waals surface area contributed by atoms with Crippen LogP contribution in [0.3, 0.4) is 0 Å². The van der Waals surface area contributed by atoms with Crippen molar-refractivity contribution in [3.63, 3.8) is 0 Å². The third-order valence-corrected chi connectivity index (χ3v) is 4.21. The molecule has 1 aromatic carbocycles. The van der Waals surface area contributed by atoms with Crippen LogP contribution >= 0.6 is 0 Å². The van der Waals surface area contributed by atoms with E-state index in [9.17, 15) is 19.6 Å². The molecule has 2 aromatic rings. The molecule has 140 valence electrons. The molecule has 0 spiro atoms. The molecular weight excluding hydrogens is 333 g/mol. The van der Waals surface area contributed by atoms with Crippen LogP contribution in [0.4, 0.5) is 0 Å². The maximum atomic E-state index is 12.7. The Morgan fingerprint density at radius 3 is 2.50 bits per heavy atom. The summed E-state index contributed by atoms with van der Waals surface area (Å²) in [5, 5.41) is 25.3. The summed E-state index contributed by atoms with van der Waals surface area (Å²) in [7, 11) is -1.66. The lowest BCUT2D eigenvalue weighted by atomic mass is 9.75. The molecule has 1 heterocycles. The second-order valence-electron chi connectivity index (χ2n) is 6.97. The Morgan fingerprint density at radius 2 is 1.88 bits per heavy atom. The minimum atomic E-state index is -1.66. The smallest absolute Gasteiger partial charge is 0.426 e. The fourth-order valence-corrected chi connectivity index (χ4v) is 3.02. The van der Waals surface area contributed by atoms with Crippen molar-refractivity contribution >= 4 is 29.8 Å². The average Bonchev–Trinajstić information content (AvgIpc) is 2.96. The van der Waals surface area contributed by atoms with Crippen LogP contribution in [0.2, 0.25) is 0 Å². The van der Waals surface area contributed by atoms with Gasteiger partial charge in [-0.2, -0.15) is 0 Å². The summed E-state index contributed by atoms with van der Waals surface area (Å²) in [6, 6.07) is 6.91. The lowest BCUT2D eigenvalue weighted by Gasteiger charge is -2.23. The van der Waals surface area contributed by atoms with Gasteiger partial charge in [0.1, 0.15) is 6.04 Å². The molecule has 2 rings (SSSR count). The van der Waals surface area contributed by atoms with Gasteiger partial charge in [0, 0.05) is 30.4 Å². The molecule has 2 amide bonds. The van der Waals surface area contributed by atoms with Crippen molar-refractivity contribution in [2.45, 2.75) is 45.6 Å². The number of rotatable bonds is 8. The minimum Gasteiger partial charge on any atom is -0.426 e. The van der Waals surface area contributed by atoms with Crippen LogP contribution in [0.5, 0.6) is 0 Å². The fourth-order valence-electron chi connectivity index (χ4n) is 3.02. The lowest BCUT2D eigenvalue weighted by molar-refractivity contribution is -0.128. The Balaban J connectivity index is 2.17. The van der Waals surface area contributed by atoms with E-state index in [0.717, 1.165) is 16.5 Å². The summed E-state index contributed by atoms with van der Waals surface area (Å²) < 4.78 is 0. The maximum absolute atomic E-state index is 12.7. The van der Waals surface area contributed by atoms with Gasteiger partial charge in [-0.3, -0.25) is 9.59 Å². The zero-order valence-corrected chi connectivity index (χ0v) is 15.3. The second kappa shape index (κ2) is 8.87. The first-order valence-electron chi connectivity index (χ1n) is 8.76. The van der Waals surface area contributed by atoms with Crippen LogP contribution in [-0.4, -0.2) is 45.9 Å². The van der Waals surface area contributed by atoms with Gasteiger partial charge in [-0.05, 0) is 24.0 Å². The van der Waals surface area contributed by atoms with E-state index < -0.39 is 25.0 Å². The topological polar surface area (TPSA) is 114 Å². The number of fused-ring (bicyclic) bond motifs is 1. The molecule has 0 fully saturated rings. The highest BCUT2D eigenvalue weighted by molar-refractivity contribution is 6.43. The molecule has 26 heavy (non-hydrogen) atoms. The third kappa shape index (κ3) is 5.34. The van der Waals surface area contributed by atoms with Crippen molar-refractivity contribution in [2.75, 3.05) is 0 Å². The van der Waals surface area contributed by atoms with E-state index in [-0.39, 0.29) is 11.8 Å². The maximum Gasteiger partial charge on any atom is 0.475 e. The van der Waals surface area contributed by atoms with Crippen LogP contribution in [0.15, 0.2) is 30.5 Å². The summed E-state index contributed by atoms with van der Waals surface area (Å²) in [4.78, 5) is 27.4. The number of nitrogens with one attached hydrogen (secondary N) is 3. The molecule has 7 nitrogen and oxygen atoms in total. The number of hydrogen-bond donors (Lipinski definition) is 5. The molecule has 8 heteroatoms. The SMILES string of the molecule is CC(=O)N[C@@H](Cc1c[nH]c2ccccc12)C(=O)N[C@@H](CC(C)C)B(O)O. The van der Waals surface area contributed by atoms with Crippen molar-refractivity contribution in [3.05, 3.63) is 36.0 Å². The van der Waals surface area contributed by atoms with Gasteiger partial charge < -0.3 is 25.7 Å². The Morgan fingerprint density at radius 1 is 1.19 bits per heavy atom. The van der Waals surface area contributed by atoms with Gasteiger partial charge in [-0.1, -0.05) is 32.0 Å². The van der Waals surface area contributed by atoms with E-state index >= 15 is 0 Å². The lowest BCUT2D eigenvalue weighted by Crippen LogP contribution is -2.54. The number of amides is 2. The zero-order valence-electron chi connectivity index (χ0n) is 15.3. The molecule has 0 aliphatic heterocycles. The van der Waals surface area contributed by atoms with E-state index in [0.29, 0.717) is 12.8 Å². The highest BCUT2D eigenvalue weighted by atomic mass is 16.4.